The summed E-state index contributed by atoms with van der Waals surface area (Å²) in [5, 5.41) is 3.36. The van der Waals surface area contributed by atoms with Crippen LogP contribution in [0.15, 0.2) is 55.1 Å². The van der Waals surface area contributed by atoms with Gasteiger partial charge in [0, 0.05) is 32.0 Å². The maximum Gasteiger partial charge on any atom is 0.0727 e. The van der Waals surface area contributed by atoms with Crippen LogP contribution in [-0.4, -0.2) is 31.9 Å². The summed E-state index contributed by atoms with van der Waals surface area (Å²) in [5.41, 5.74) is 5.55. The van der Waals surface area contributed by atoms with Gasteiger partial charge in [0.05, 0.1) is 41.2 Å². The summed E-state index contributed by atoms with van der Waals surface area (Å²) in [5.74, 6) is 0. The van der Waals surface area contributed by atoms with Crippen LogP contribution in [0.2, 0.25) is 0 Å². The molecule has 0 aliphatic heterocycles. The van der Waals surface area contributed by atoms with Gasteiger partial charge in [-0.05, 0) is 50.1 Å². The Labute approximate surface area is 166 Å². The van der Waals surface area contributed by atoms with E-state index in [1.165, 1.54) is 17.7 Å². The van der Waals surface area contributed by atoms with E-state index in [2.05, 4.69) is 43.3 Å². The average Bonchev–Trinajstić information content (AvgIpc) is 2.75. The van der Waals surface area contributed by atoms with Gasteiger partial charge in [-0.3, -0.25) is 24.8 Å². The lowest BCUT2D eigenvalue weighted by Gasteiger charge is -2.31. The van der Waals surface area contributed by atoms with Crippen LogP contribution in [0.1, 0.15) is 47.2 Å². The van der Waals surface area contributed by atoms with E-state index < -0.39 is 0 Å². The summed E-state index contributed by atoms with van der Waals surface area (Å²) >= 11 is 0. The molecule has 1 aliphatic rings. The molecule has 0 radical (unpaired) electrons. The minimum Gasteiger partial charge on any atom is -0.305 e. The van der Waals surface area contributed by atoms with Gasteiger partial charge in [-0.1, -0.05) is 12.1 Å². The van der Waals surface area contributed by atoms with Crippen molar-refractivity contribution < 1.29 is 0 Å². The molecule has 3 heterocycles. The van der Waals surface area contributed by atoms with Crippen LogP contribution in [0.3, 0.4) is 0 Å². The lowest BCUT2D eigenvalue weighted by molar-refractivity contribution is 0.206. The number of rotatable bonds is 7. The van der Waals surface area contributed by atoms with Crippen molar-refractivity contribution in [2.45, 2.75) is 44.9 Å². The maximum absolute atomic E-state index is 4.65. The molecule has 0 aromatic carbocycles. The second-order valence-electron chi connectivity index (χ2n) is 7.29. The first kappa shape index (κ1) is 18.7. The second-order valence-corrected chi connectivity index (χ2v) is 7.29. The largest absolute Gasteiger partial charge is 0.305 e. The fourth-order valence-corrected chi connectivity index (χ4v) is 3.76. The zero-order chi connectivity index (χ0) is 19.2. The number of nitrogens with zero attached hydrogens (tertiary/aromatic N) is 5. The summed E-state index contributed by atoms with van der Waals surface area (Å²) in [6.07, 6.45) is 10.9. The predicted molar refractivity (Wildman–Crippen MR) is 108 cm³/mol. The van der Waals surface area contributed by atoms with Crippen LogP contribution in [-0.2, 0) is 26.1 Å². The molecule has 1 atom stereocenters. The molecule has 1 aliphatic carbocycles. The van der Waals surface area contributed by atoms with Gasteiger partial charge in [-0.25, -0.2) is 0 Å². The molecular formula is C22H26N6. The molecule has 6 nitrogen and oxygen atoms in total. The van der Waals surface area contributed by atoms with Crippen LogP contribution in [0.5, 0.6) is 0 Å². The van der Waals surface area contributed by atoms with E-state index in [1.54, 1.807) is 0 Å². The Hall–Kier alpha value is -2.70. The molecule has 1 unspecified atom stereocenters. The molecule has 6 heteroatoms. The molecule has 0 spiro atoms. The van der Waals surface area contributed by atoms with Crippen molar-refractivity contribution in [1.29, 1.82) is 0 Å². The Morgan fingerprint density at radius 1 is 0.929 bits per heavy atom. The molecule has 0 saturated heterocycles. The molecule has 1 N–H and O–H groups in total. The highest BCUT2D eigenvalue weighted by atomic mass is 15.1. The Morgan fingerprint density at radius 3 is 2.57 bits per heavy atom. The smallest absolute Gasteiger partial charge is 0.0727 e. The number of fused-ring (bicyclic) bond motifs is 1. The third-order valence-electron chi connectivity index (χ3n) is 5.21. The number of aryl methyl sites for hydroxylation is 1. The first-order valence-electron chi connectivity index (χ1n) is 9.84. The average molecular weight is 374 g/mol. The van der Waals surface area contributed by atoms with Gasteiger partial charge < -0.3 is 5.32 Å². The number of nitrogens with one attached hydrogen (secondary N) is 1. The summed E-state index contributed by atoms with van der Waals surface area (Å²) in [4.78, 5) is 20.5. The highest BCUT2D eigenvalue weighted by Crippen LogP contribution is 2.32. The summed E-state index contributed by atoms with van der Waals surface area (Å²) < 4.78 is 0. The van der Waals surface area contributed by atoms with Crippen molar-refractivity contribution >= 4 is 0 Å². The second kappa shape index (κ2) is 8.99. The highest BCUT2D eigenvalue weighted by Gasteiger charge is 2.25. The van der Waals surface area contributed by atoms with Crippen LogP contribution < -0.4 is 5.32 Å². The van der Waals surface area contributed by atoms with Gasteiger partial charge >= 0.3 is 0 Å². The molecule has 0 bridgehead atoms. The fraction of sp³-hybridized carbons (Fsp3) is 0.364. The van der Waals surface area contributed by atoms with E-state index in [-0.39, 0.29) is 0 Å². The minimum absolute atomic E-state index is 0.353. The molecule has 0 amide bonds. The summed E-state index contributed by atoms with van der Waals surface area (Å²) in [6, 6.07) is 10.5. The monoisotopic (exact) mass is 374 g/mol. The van der Waals surface area contributed by atoms with Crippen LogP contribution in [0, 0.1) is 0 Å². The van der Waals surface area contributed by atoms with Crippen molar-refractivity contribution in [3.05, 3.63) is 83.5 Å². The van der Waals surface area contributed by atoms with Gasteiger partial charge in [-0.2, -0.15) is 0 Å². The molecule has 3 aromatic rings. The Balaban J connectivity index is 1.32. The zero-order valence-corrected chi connectivity index (χ0v) is 16.3. The lowest BCUT2D eigenvalue weighted by Crippen LogP contribution is -2.28. The van der Waals surface area contributed by atoms with E-state index >= 15 is 0 Å². The van der Waals surface area contributed by atoms with E-state index in [4.69, 9.17) is 0 Å². The first-order chi connectivity index (χ1) is 13.8. The van der Waals surface area contributed by atoms with Crippen molar-refractivity contribution in [2.24, 2.45) is 0 Å². The molecule has 0 saturated carbocycles. The quantitative estimate of drug-likeness (QED) is 0.686. The van der Waals surface area contributed by atoms with Gasteiger partial charge in [0.2, 0.25) is 0 Å². The SMILES string of the molecule is CN(Cc1cnc(CNCc2ccccn2)cn1)C1CCCc2cccnc21. The van der Waals surface area contributed by atoms with Crippen molar-refractivity contribution in [3.63, 3.8) is 0 Å². The molecule has 28 heavy (non-hydrogen) atoms. The Kier molecular flexibility index (Phi) is 5.99. The van der Waals surface area contributed by atoms with Crippen molar-refractivity contribution in [1.82, 2.24) is 30.2 Å². The third-order valence-corrected chi connectivity index (χ3v) is 5.21. The standard InChI is InChI=1S/C22H26N6/c1-28(21-9-4-6-17-7-5-11-25-22(17)21)16-20-15-26-19(14-27-20)13-23-12-18-8-2-3-10-24-18/h2-3,5,7-8,10-11,14-15,21,23H,4,6,9,12-13,16H2,1H3. The molecule has 144 valence electrons. The van der Waals surface area contributed by atoms with Crippen LogP contribution >= 0.6 is 0 Å². The van der Waals surface area contributed by atoms with Gasteiger partial charge in [0.25, 0.3) is 0 Å². The molecular weight excluding hydrogens is 348 g/mol. The Bertz CT molecular complexity index is 881. The normalized spacial score (nSPS) is 16.1. The van der Waals surface area contributed by atoms with E-state index in [0.29, 0.717) is 12.6 Å². The Morgan fingerprint density at radius 2 is 1.75 bits per heavy atom. The zero-order valence-electron chi connectivity index (χ0n) is 16.3. The molecule has 0 fully saturated rings. The van der Waals surface area contributed by atoms with Gasteiger partial charge in [0.15, 0.2) is 0 Å². The minimum atomic E-state index is 0.353. The van der Waals surface area contributed by atoms with Gasteiger partial charge in [-0.15, -0.1) is 0 Å². The van der Waals surface area contributed by atoms with Crippen LogP contribution in [0.25, 0.3) is 0 Å². The lowest BCUT2D eigenvalue weighted by atomic mass is 9.91. The fourth-order valence-electron chi connectivity index (χ4n) is 3.76. The maximum atomic E-state index is 4.65. The predicted octanol–water partition coefficient (Wildman–Crippen LogP) is 3.07. The van der Waals surface area contributed by atoms with E-state index in [1.807, 2.05) is 49.1 Å². The van der Waals surface area contributed by atoms with E-state index in [9.17, 15) is 0 Å². The first-order valence-corrected chi connectivity index (χ1v) is 9.84. The van der Waals surface area contributed by atoms with Crippen LogP contribution in [0.4, 0.5) is 0 Å². The topological polar surface area (TPSA) is 66.8 Å². The number of hydrogen-bond donors (Lipinski definition) is 1. The summed E-state index contributed by atoms with van der Waals surface area (Å²) in [6.45, 7) is 2.18. The highest BCUT2D eigenvalue weighted by molar-refractivity contribution is 5.25. The third kappa shape index (κ3) is 4.58. The molecule has 3 aromatic heterocycles. The molecule has 4 rings (SSSR count). The van der Waals surface area contributed by atoms with Crippen molar-refractivity contribution in [3.8, 4) is 0 Å². The number of hydrogen-bond acceptors (Lipinski definition) is 6. The van der Waals surface area contributed by atoms with E-state index in [0.717, 1.165) is 43.0 Å². The van der Waals surface area contributed by atoms with Crippen molar-refractivity contribution in [2.75, 3.05) is 7.05 Å². The summed E-state index contributed by atoms with van der Waals surface area (Å²) in [7, 11) is 2.15. The number of pyridine rings is 2. The number of aromatic nitrogens is 4. The van der Waals surface area contributed by atoms with Gasteiger partial charge in [0.1, 0.15) is 0 Å².